The average Bonchev–Trinajstić information content (AvgIpc) is 2.56. The lowest BCUT2D eigenvalue weighted by molar-refractivity contribution is 0.109. The molecule has 1 N–H and O–H groups in total. The number of piperidine rings is 1. The van der Waals surface area contributed by atoms with E-state index in [4.69, 9.17) is 0 Å². The summed E-state index contributed by atoms with van der Waals surface area (Å²) < 4.78 is 28.4. The van der Waals surface area contributed by atoms with Gasteiger partial charge in [-0.2, -0.15) is 0 Å². The summed E-state index contributed by atoms with van der Waals surface area (Å²) >= 11 is 0. The minimum absolute atomic E-state index is 0.0492. The molecule has 0 unspecified atom stereocenters. The van der Waals surface area contributed by atoms with Gasteiger partial charge < -0.3 is 0 Å². The van der Waals surface area contributed by atoms with E-state index in [1.54, 1.807) is 12.1 Å². The van der Waals surface area contributed by atoms with E-state index < -0.39 is 10.0 Å². The largest absolute Gasteiger partial charge is 0.299 e. The SMILES string of the molecule is Cc1ccc(S(=O)(=O)N[C@@H]2CCCC[C@H]2N2CCCCC2)cc1. The number of aryl methyl sites for hydroxylation is 1. The van der Waals surface area contributed by atoms with Crippen LogP contribution in [0.5, 0.6) is 0 Å². The third-order valence-electron chi connectivity index (χ3n) is 5.23. The maximum Gasteiger partial charge on any atom is 0.240 e. The molecule has 1 aromatic carbocycles. The van der Waals surface area contributed by atoms with Crippen molar-refractivity contribution in [3.63, 3.8) is 0 Å². The zero-order valence-corrected chi connectivity index (χ0v) is 14.8. The molecule has 1 aromatic rings. The quantitative estimate of drug-likeness (QED) is 0.919. The van der Waals surface area contributed by atoms with Gasteiger partial charge in [-0.1, -0.05) is 37.0 Å². The number of benzene rings is 1. The molecule has 2 atom stereocenters. The Morgan fingerprint density at radius 3 is 2.30 bits per heavy atom. The van der Waals surface area contributed by atoms with Crippen molar-refractivity contribution in [3.8, 4) is 0 Å². The Kier molecular flexibility index (Phi) is 5.39. The van der Waals surface area contributed by atoms with E-state index in [-0.39, 0.29) is 6.04 Å². The first-order valence-electron chi connectivity index (χ1n) is 8.89. The fourth-order valence-electron chi connectivity index (χ4n) is 3.92. The van der Waals surface area contributed by atoms with Crippen LogP contribution in [-0.4, -0.2) is 38.5 Å². The molecule has 1 saturated carbocycles. The third-order valence-corrected chi connectivity index (χ3v) is 6.73. The molecule has 0 amide bonds. The van der Waals surface area contributed by atoms with E-state index in [1.165, 1.54) is 25.7 Å². The summed E-state index contributed by atoms with van der Waals surface area (Å²) in [6.07, 6.45) is 8.19. The third kappa shape index (κ3) is 4.14. The summed E-state index contributed by atoms with van der Waals surface area (Å²) in [5.41, 5.74) is 1.08. The molecule has 2 aliphatic rings. The Labute approximate surface area is 140 Å². The number of nitrogens with zero attached hydrogens (tertiary/aromatic N) is 1. The average molecular weight is 337 g/mol. The van der Waals surface area contributed by atoms with Crippen molar-refractivity contribution in [1.82, 2.24) is 9.62 Å². The van der Waals surface area contributed by atoms with Gasteiger partial charge in [0.2, 0.25) is 10.0 Å². The molecule has 3 rings (SSSR count). The van der Waals surface area contributed by atoms with Crippen molar-refractivity contribution >= 4 is 10.0 Å². The maximum atomic E-state index is 12.7. The summed E-state index contributed by atoms with van der Waals surface area (Å²) in [5.74, 6) is 0. The molecule has 1 heterocycles. The molecule has 2 fully saturated rings. The minimum atomic E-state index is -3.42. The predicted molar refractivity (Wildman–Crippen MR) is 93.0 cm³/mol. The lowest BCUT2D eigenvalue weighted by Crippen LogP contribution is -2.54. The first-order chi connectivity index (χ1) is 11.1. The van der Waals surface area contributed by atoms with Gasteiger partial charge in [0.05, 0.1) is 4.90 Å². The van der Waals surface area contributed by atoms with Crippen LogP contribution in [0.15, 0.2) is 29.2 Å². The molecule has 1 aliphatic carbocycles. The van der Waals surface area contributed by atoms with Crippen molar-refractivity contribution in [2.24, 2.45) is 0 Å². The molecule has 5 heteroatoms. The van der Waals surface area contributed by atoms with Crippen LogP contribution < -0.4 is 4.72 Å². The van der Waals surface area contributed by atoms with Gasteiger partial charge in [0.25, 0.3) is 0 Å². The molecule has 0 spiro atoms. The molecule has 23 heavy (non-hydrogen) atoms. The Morgan fingerprint density at radius 1 is 0.957 bits per heavy atom. The second-order valence-electron chi connectivity index (χ2n) is 6.99. The summed E-state index contributed by atoms with van der Waals surface area (Å²) in [5, 5.41) is 0. The van der Waals surface area contributed by atoms with Crippen LogP contribution in [0.25, 0.3) is 0 Å². The van der Waals surface area contributed by atoms with E-state index in [2.05, 4.69) is 9.62 Å². The smallest absolute Gasteiger partial charge is 0.240 e. The molecule has 1 saturated heterocycles. The lowest BCUT2D eigenvalue weighted by atomic mass is 9.89. The van der Waals surface area contributed by atoms with Crippen LogP contribution in [0.2, 0.25) is 0 Å². The number of hydrogen-bond donors (Lipinski definition) is 1. The van der Waals surface area contributed by atoms with E-state index in [1.807, 2.05) is 19.1 Å². The first-order valence-corrected chi connectivity index (χ1v) is 10.4. The zero-order chi connectivity index (χ0) is 16.3. The summed E-state index contributed by atoms with van der Waals surface area (Å²) in [4.78, 5) is 2.90. The van der Waals surface area contributed by atoms with E-state index >= 15 is 0 Å². The fourth-order valence-corrected chi connectivity index (χ4v) is 5.22. The number of hydrogen-bond acceptors (Lipinski definition) is 3. The summed E-state index contributed by atoms with van der Waals surface area (Å²) in [6.45, 7) is 4.21. The van der Waals surface area contributed by atoms with Gasteiger partial charge in [0.1, 0.15) is 0 Å². The summed E-state index contributed by atoms with van der Waals surface area (Å²) in [7, 11) is -3.42. The Morgan fingerprint density at radius 2 is 1.61 bits per heavy atom. The highest BCUT2D eigenvalue weighted by molar-refractivity contribution is 7.89. The van der Waals surface area contributed by atoms with Gasteiger partial charge in [0, 0.05) is 12.1 Å². The van der Waals surface area contributed by atoms with Crippen LogP contribution in [0, 0.1) is 6.92 Å². The van der Waals surface area contributed by atoms with Crippen molar-refractivity contribution in [2.75, 3.05) is 13.1 Å². The molecule has 4 nitrogen and oxygen atoms in total. The van der Waals surface area contributed by atoms with Crippen molar-refractivity contribution in [2.45, 2.75) is 68.8 Å². The second kappa shape index (κ2) is 7.32. The number of likely N-dealkylation sites (tertiary alicyclic amines) is 1. The highest BCUT2D eigenvalue weighted by Gasteiger charge is 2.33. The van der Waals surface area contributed by atoms with Crippen molar-refractivity contribution in [1.29, 1.82) is 0 Å². The van der Waals surface area contributed by atoms with Crippen LogP contribution in [-0.2, 0) is 10.0 Å². The number of rotatable bonds is 4. The highest BCUT2D eigenvalue weighted by Crippen LogP contribution is 2.27. The van der Waals surface area contributed by atoms with E-state index in [0.717, 1.165) is 37.9 Å². The predicted octanol–water partition coefficient (Wildman–Crippen LogP) is 3.07. The second-order valence-corrected chi connectivity index (χ2v) is 8.70. The van der Waals surface area contributed by atoms with Gasteiger partial charge in [0.15, 0.2) is 0 Å². The van der Waals surface area contributed by atoms with Crippen molar-refractivity contribution in [3.05, 3.63) is 29.8 Å². The topological polar surface area (TPSA) is 49.4 Å². The lowest BCUT2D eigenvalue weighted by Gasteiger charge is -2.41. The van der Waals surface area contributed by atoms with E-state index in [9.17, 15) is 8.42 Å². The first kappa shape index (κ1) is 16.9. The van der Waals surface area contributed by atoms with Gasteiger partial charge in [-0.3, -0.25) is 4.90 Å². The zero-order valence-electron chi connectivity index (χ0n) is 14.0. The molecular weight excluding hydrogens is 308 g/mol. The van der Waals surface area contributed by atoms with Gasteiger partial charge in [-0.25, -0.2) is 13.1 Å². The standard InChI is InChI=1S/C18H28N2O2S/c1-15-9-11-16(12-10-15)23(21,22)19-17-7-3-4-8-18(17)20-13-5-2-6-14-20/h9-12,17-19H,2-8,13-14H2,1H3/t17-,18-/m1/s1. The monoisotopic (exact) mass is 336 g/mol. The van der Waals surface area contributed by atoms with Crippen LogP contribution in [0.1, 0.15) is 50.5 Å². The van der Waals surface area contributed by atoms with Crippen LogP contribution in [0.3, 0.4) is 0 Å². The molecule has 1 aliphatic heterocycles. The van der Waals surface area contributed by atoms with Crippen molar-refractivity contribution < 1.29 is 8.42 Å². The Bertz CT molecular complexity index is 606. The van der Waals surface area contributed by atoms with E-state index in [0.29, 0.717) is 10.9 Å². The van der Waals surface area contributed by atoms with Gasteiger partial charge in [-0.15, -0.1) is 0 Å². The minimum Gasteiger partial charge on any atom is -0.299 e. The van der Waals surface area contributed by atoms with Crippen LogP contribution >= 0.6 is 0 Å². The number of sulfonamides is 1. The molecular formula is C18H28N2O2S. The maximum absolute atomic E-state index is 12.7. The molecule has 0 bridgehead atoms. The fraction of sp³-hybridized carbons (Fsp3) is 0.667. The highest BCUT2D eigenvalue weighted by atomic mass is 32.2. The van der Waals surface area contributed by atoms with Gasteiger partial charge >= 0.3 is 0 Å². The molecule has 0 aromatic heterocycles. The number of nitrogens with one attached hydrogen (secondary N) is 1. The molecule has 128 valence electrons. The molecule has 0 radical (unpaired) electrons. The Balaban J connectivity index is 1.74. The Hall–Kier alpha value is -0.910. The van der Waals surface area contributed by atoms with Gasteiger partial charge in [-0.05, 0) is 57.8 Å². The normalized spacial score (nSPS) is 27.0. The summed E-state index contributed by atoms with van der Waals surface area (Å²) in [6, 6.07) is 7.54. The van der Waals surface area contributed by atoms with Crippen LogP contribution in [0.4, 0.5) is 0 Å².